The van der Waals surface area contributed by atoms with Gasteiger partial charge in [0.2, 0.25) is 5.91 Å². The number of nitrogens with one attached hydrogen (secondary N) is 1. The number of carbonyl (C=O) groups is 2. The molecule has 6 heteroatoms. The van der Waals surface area contributed by atoms with E-state index in [4.69, 9.17) is 16.3 Å². The number of rotatable bonds is 9. The summed E-state index contributed by atoms with van der Waals surface area (Å²) in [4.78, 5) is 24.2. The van der Waals surface area contributed by atoms with Gasteiger partial charge in [0.1, 0.15) is 0 Å². The highest BCUT2D eigenvalue weighted by Crippen LogP contribution is 2.23. The summed E-state index contributed by atoms with van der Waals surface area (Å²) in [5, 5.41) is 2.84. The van der Waals surface area contributed by atoms with E-state index in [0.717, 1.165) is 6.42 Å². The summed E-state index contributed by atoms with van der Waals surface area (Å²) in [6.07, 6.45) is 7.87. The number of Topliss-reactive ketones (excluding diaryl/α,β-unsaturated/α-hetero) is 1. The summed E-state index contributed by atoms with van der Waals surface area (Å²) >= 11 is 7.05. The van der Waals surface area contributed by atoms with Gasteiger partial charge in [0.25, 0.3) is 0 Å². The first-order valence-corrected chi connectivity index (χ1v) is 9.51. The monoisotopic (exact) mass is 357 g/mol. The van der Waals surface area contributed by atoms with Crippen LogP contribution in [-0.2, 0) is 9.53 Å². The largest absolute Gasteiger partial charge is 0.378 e. The zero-order chi connectivity index (χ0) is 16.5. The molecule has 0 bridgehead atoms. The molecule has 23 heavy (non-hydrogen) atoms. The van der Waals surface area contributed by atoms with Gasteiger partial charge in [0.15, 0.2) is 5.78 Å². The molecule has 4 nitrogen and oxygen atoms in total. The van der Waals surface area contributed by atoms with Crippen LogP contribution in [0.25, 0.3) is 0 Å². The Bertz CT molecular complexity index is 512. The number of thiophene rings is 1. The van der Waals surface area contributed by atoms with Gasteiger partial charge in [-0.05, 0) is 31.4 Å². The van der Waals surface area contributed by atoms with Crippen molar-refractivity contribution in [3.05, 3.63) is 21.3 Å². The smallest absolute Gasteiger partial charge is 0.220 e. The number of ketones is 1. The second-order valence-corrected chi connectivity index (χ2v) is 7.58. The molecule has 0 aliphatic heterocycles. The van der Waals surface area contributed by atoms with Crippen molar-refractivity contribution in [1.29, 1.82) is 0 Å². The molecular weight excluding hydrogens is 334 g/mol. The van der Waals surface area contributed by atoms with Gasteiger partial charge in [0.05, 0.1) is 15.3 Å². The van der Waals surface area contributed by atoms with E-state index >= 15 is 0 Å². The maximum Gasteiger partial charge on any atom is 0.220 e. The minimum atomic E-state index is -0.0846. The van der Waals surface area contributed by atoms with E-state index in [9.17, 15) is 9.59 Å². The second kappa shape index (κ2) is 10.1. The van der Waals surface area contributed by atoms with Gasteiger partial charge in [-0.25, -0.2) is 0 Å². The summed E-state index contributed by atoms with van der Waals surface area (Å²) in [7, 11) is 0. The lowest BCUT2D eigenvalue weighted by molar-refractivity contribution is -0.121. The van der Waals surface area contributed by atoms with E-state index in [1.54, 1.807) is 12.1 Å². The summed E-state index contributed by atoms with van der Waals surface area (Å²) in [6, 6.07) is 3.40. The molecule has 0 saturated heterocycles. The average Bonchev–Trinajstić information content (AvgIpc) is 3.00. The maximum absolute atomic E-state index is 11.9. The minimum absolute atomic E-state index is 0.0299. The Morgan fingerprint density at radius 3 is 2.70 bits per heavy atom. The molecular formula is C17H24ClNO3S. The predicted molar refractivity (Wildman–Crippen MR) is 93.3 cm³/mol. The van der Waals surface area contributed by atoms with Crippen molar-refractivity contribution in [1.82, 2.24) is 5.32 Å². The van der Waals surface area contributed by atoms with Crippen molar-refractivity contribution in [3.63, 3.8) is 0 Å². The first-order chi connectivity index (χ1) is 11.1. The molecule has 128 valence electrons. The maximum atomic E-state index is 11.9. The minimum Gasteiger partial charge on any atom is -0.378 e. The molecule has 1 aromatic heterocycles. The van der Waals surface area contributed by atoms with Gasteiger partial charge < -0.3 is 10.1 Å². The summed E-state index contributed by atoms with van der Waals surface area (Å²) in [5.74, 6) is -0.114. The third-order valence-corrected chi connectivity index (χ3v) is 5.25. The summed E-state index contributed by atoms with van der Waals surface area (Å²) in [6.45, 7) is 1.29. The van der Waals surface area contributed by atoms with Gasteiger partial charge in [0, 0.05) is 26.0 Å². The molecule has 0 unspecified atom stereocenters. The van der Waals surface area contributed by atoms with Gasteiger partial charge in [-0.2, -0.15) is 0 Å². The van der Waals surface area contributed by atoms with Crippen molar-refractivity contribution in [2.24, 2.45) is 0 Å². The number of amides is 1. The number of hydrogen-bond donors (Lipinski definition) is 1. The van der Waals surface area contributed by atoms with Crippen molar-refractivity contribution in [2.45, 2.75) is 57.5 Å². The highest BCUT2D eigenvalue weighted by Gasteiger charge is 2.13. The first-order valence-electron chi connectivity index (χ1n) is 8.32. The van der Waals surface area contributed by atoms with E-state index in [0.29, 0.717) is 28.5 Å². The molecule has 2 rings (SSSR count). The van der Waals surface area contributed by atoms with Crippen LogP contribution >= 0.6 is 22.9 Å². The van der Waals surface area contributed by atoms with Crippen LogP contribution in [0.1, 0.15) is 61.0 Å². The Labute approximate surface area is 146 Å². The normalized spacial score (nSPS) is 15.5. The Balaban J connectivity index is 1.50. The van der Waals surface area contributed by atoms with Crippen LogP contribution in [0.2, 0.25) is 4.34 Å². The Morgan fingerprint density at radius 1 is 1.22 bits per heavy atom. The van der Waals surface area contributed by atoms with Crippen molar-refractivity contribution in [3.8, 4) is 0 Å². The van der Waals surface area contributed by atoms with Crippen LogP contribution < -0.4 is 5.32 Å². The molecule has 0 spiro atoms. The molecule has 0 atom stereocenters. The molecule has 0 radical (unpaired) electrons. The molecule has 1 fully saturated rings. The van der Waals surface area contributed by atoms with Crippen LogP contribution in [0.4, 0.5) is 0 Å². The SMILES string of the molecule is O=C(CCC(=O)c1ccc(Cl)s1)NCCCOC1CCCCC1. The molecule has 1 amide bonds. The third kappa shape index (κ3) is 7.02. The van der Waals surface area contributed by atoms with Crippen LogP contribution in [0.15, 0.2) is 12.1 Å². The number of carbonyl (C=O) groups excluding carboxylic acids is 2. The van der Waals surface area contributed by atoms with E-state index in [1.165, 1.54) is 43.4 Å². The lowest BCUT2D eigenvalue weighted by Gasteiger charge is -2.21. The van der Waals surface area contributed by atoms with Crippen molar-refractivity contribution in [2.75, 3.05) is 13.2 Å². The fraction of sp³-hybridized carbons (Fsp3) is 0.647. The van der Waals surface area contributed by atoms with Crippen LogP contribution in [0.3, 0.4) is 0 Å². The number of ether oxygens (including phenoxy) is 1. The Hall–Kier alpha value is -0.910. The average molecular weight is 358 g/mol. The van der Waals surface area contributed by atoms with E-state index in [2.05, 4.69) is 5.32 Å². The standard InChI is InChI=1S/C17H24ClNO3S/c18-16-9-8-15(23-16)14(20)7-10-17(21)19-11-4-12-22-13-5-2-1-3-6-13/h8-9,13H,1-7,10-12H2,(H,19,21). The quantitative estimate of drug-likeness (QED) is 0.531. The lowest BCUT2D eigenvalue weighted by Crippen LogP contribution is -2.26. The van der Waals surface area contributed by atoms with E-state index in [1.807, 2.05) is 0 Å². The third-order valence-electron chi connectivity index (χ3n) is 3.98. The lowest BCUT2D eigenvalue weighted by atomic mass is 9.98. The number of hydrogen-bond acceptors (Lipinski definition) is 4. The Morgan fingerprint density at radius 2 is 2.00 bits per heavy atom. The highest BCUT2D eigenvalue weighted by atomic mass is 35.5. The zero-order valence-corrected chi connectivity index (χ0v) is 14.9. The van der Waals surface area contributed by atoms with E-state index in [-0.39, 0.29) is 24.5 Å². The predicted octanol–water partition coefficient (Wildman–Crippen LogP) is 4.22. The second-order valence-electron chi connectivity index (χ2n) is 5.86. The molecule has 1 aliphatic rings. The van der Waals surface area contributed by atoms with Crippen LogP contribution in [-0.4, -0.2) is 30.9 Å². The summed E-state index contributed by atoms with van der Waals surface area (Å²) < 4.78 is 6.40. The number of halogens is 1. The fourth-order valence-corrected chi connectivity index (χ4v) is 3.70. The van der Waals surface area contributed by atoms with Gasteiger partial charge in [-0.1, -0.05) is 30.9 Å². The molecule has 1 aliphatic carbocycles. The summed E-state index contributed by atoms with van der Waals surface area (Å²) in [5.41, 5.74) is 0. The van der Waals surface area contributed by atoms with Gasteiger partial charge >= 0.3 is 0 Å². The fourth-order valence-electron chi connectivity index (χ4n) is 2.68. The topological polar surface area (TPSA) is 55.4 Å². The first kappa shape index (κ1) is 18.4. The van der Waals surface area contributed by atoms with Gasteiger partial charge in [-0.3, -0.25) is 9.59 Å². The Kier molecular flexibility index (Phi) is 8.06. The van der Waals surface area contributed by atoms with E-state index < -0.39 is 0 Å². The van der Waals surface area contributed by atoms with Crippen molar-refractivity contribution < 1.29 is 14.3 Å². The molecule has 1 heterocycles. The molecule has 1 N–H and O–H groups in total. The van der Waals surface area contributed by atoms with Crippen LogP contribution in [0, 0.1) is 0 Å². The van der Waals surface area contributed by atoms with Crippen LogP contribution in [0.5, 0.6) is 0 Å². The highest BCUT2D eigenvalue weighted by molar-refractivity contribution is 7.18. The molecule has 1 saturated carbocycles. The van der Waals surface area contributed by atoms with Gasteiger partial charge in [-0.15, -0.1) is 11.3 Å². The van der Waals surface area contributed by atoms with Crippen molar-refractivity contribution >= 4 is 34.6 Å². The molecule has 1 aromatic rings. The zero-order valence-electron chi connectivity index (χ0n) is 13.3. The molecule has 0 aromatic carbocycles.